The first-order valence-electron chi connectivity index (χ1n) is 5.08. The molecule has 0 fully saturated rings. The van der Waals surface area contributed by atoms with Gasteiger partial charge in [0, 0.05) is 0 Å². The van der Waals surface area contributed by atoms with Gasteiger partial charge in [-0.05, 0) is 31.7 Å². The Morgan fingerprint density at radius 2 is 1.87 bits per heavy atom. The van der Waals surface area contributed by atoms with Crippen molar-refractivity contribution in [2.75, 3.05) is 7.05 Å². The lowest BCUT2D eigenvalue weighted by Gasteiger charge is -2.14. The molecule has 0 aliphatic rings. The predicted molar refractivity (Wildman–Crippen MR) is 60.8 cm³/mol. The zero-order chi connectivity index (χ0) is 10.7. The summed E-state index contributed by atoms with van der Waals surface area (Å²) in [4.78, 5) is 0. The predicted octanol–water partition coefficient (Wildman–Crippen LogP) is 2.90. The highest BCUT2D eigenvalue weighted by molar-refractivity contribution is 5.29. The maximum atomic E-state index is 5.41. The van der Waals surface area contributed by atoms with Crippen molar-refractivity contribution in [3.8, 4) is 0 Å². The molecule has 78 valence electrons. The van der Waals surface area contributed by atoms with Gasteiger partial charge in [0.1, 0.15) is 5.76 Å². The number of benzene rings is 1. The van der Waals surface area contributed by atoms with Crippen LogP contribution in [0.25, 0.3) is 0 Å². The second-order valence-electron chi connectivity index (χ2n) is 3.65. The third-order valence-electron chi connectivity index (χ3n) is 2.53. The van der Waals surface area contributed by atoms with Crippen molar-refractivity contribution in [2.45, 2.75) is 13.0 Å². The molecule has 0 aliphatic heterocycles. The Bertz CT molecular complexity index is 403. The van der Waals surface area contributed by atoms with E-state index in [0.717, 1.165) is 5.76 Å². The minimum Gasteiger partial charge on any atom is -0.467 e. The normalized spacial score (nSPS) is 12.7. The van der Waals surface area contributed by atoms with Crippen LogP contribution in [0.5, 0.6) is 0 Å². The lowest BCUT2D eigenvalue weighted by molar-refractivity contribution is 0.463. The summed E-state index contributed by atoms with van der Waals surface area (Å²) < 4.78 is 5.41. The van der Waals surface area contributed by atoms with Crippen LogP contribution in [0.2, 0.25) is 0 Å². The number of hydrogen-bond acceptors (Lipinski definition) is 2. The van der Waals surface area contributed by atoms with Gasteiger partial charge >= 0.3 is 0 Å². The summed E-state index contributed by atoms with van der Waals surface area (Å²) in [5.41, 5.74) is 2.49. The first kappa shape index (κ1) is 9.99. The molecule has 0 unspecified atom stereocenters. The van der Waals surface area contributed by atoms with Crippen molar-refractivity contribution in [1.82, 2.24) is 5.32 Å². The molecule has 0 saturated carbocycles. The summed E-state index contributed by atoms with van der Waals surface area (Å²) in [6.45, 7) is 2.09. The number of hydrogen-bond donors (Lipinski definition) is 1. The third-order valence-corrected chi connectivity index (χ3v) is 2.53. The molecular weight excluding hydrogens is 186 g/mol. The number of rotatable bonds is 3. The largest absolute Gasteiger partial charge is 0.467 e. The highest BCUT2D eigenvalue weighted by Gasteiger charge is 2.13. The van der Waals surface area contributed by atoms with Crippen LogP contribution in [0, 0.1) is 6.92 Å². The third kappa shape index (κ3) is 2.10. The molecule has 0 bridgehead atoms. The fraction of sp³-hybridized carbons (Fsp3) is 0.231. The molecule has 0 amide bonds. The smallest absolute Gasteiger partial charge is 0.125 e. The monoisotopic (exact) mass is 201 g/mol. The molecule has 2 rings (SSSR count). The Hall–Kier alpha value is -1.54. The summed E-state index contributed by atoms with van der Waals surface area (Å²) in [5.74, 6) is 0.946. The Morgan fingerprint density at radius 3 is 2.40 bits per heavy atom. The second-order valence-corrected chi connectivity index (χ2v) is 3.65. The van der Waals surface area contributed by atoms with E-state index < -0.39 is 0 Å². The molecule has 15 heavy (non-hydrogen) atoms. The first-order valence-corrected chi connectivity index (χ1v) is 5.08. The first-order chi connectivity index (χ1) is 7.31. The number of furan rings is 1. The summed E-state index contributed by atoms with van der Waals surface area (Å²) >= 11 is 0. The van der Waals surface area contributed by atoms with Crippen molar-refractivity contribution in [3.63, 3.8) is 0 Å². The standard InChI is InChI=1S/C13H15NO/c1-10-5-7-11(8-6-10)13(14-2)12-4-3-9-15-12/h3-9,13-14H,1-2H3/t13-/m1/s1. The van der Waals surface area contributed by atoms with Gasteiger partial charge in [-0.1, -0.05) is 29.8 Å². The maximum absolute atomic E-state index is 5.41. The van der Waals surface area contributed by atoms with E-state index in [9.17, 15) is 0 Å². The maximum Gasteiger partial charge on any atom is 0.125 e. The molecule has 2 aromatic rings. The second kappa shape index (κ2) is 4.32. The van der Waals surface area contributed by atoms with Crippen LogP contribution in [0.15, 0.2) is 47.1 Å². The molecule has 0 spiro atoms. The fourth-order valence-electron chi connectivity index (χ4n) is 1.69. The van der Waals surface area contributed by atoms with Gasteiger partial charge in [-0.25, -0.2) is 0 Å². The van der Waals surface area contributed by atoms with Gasteiger partial charge in [0.15, 0.2) is 0 Å². The Morgan fingerprint density at radius 1 is 1.13 bits per heavy atom. The highest BCUT2D eigenvalue weighted by Crippen LogP contribution is 2.22. The minimum atomic E-state index is 0.139. The van der Waals surface area contributed by atoms with Crippen LogP contribution < -0.4 is 5.32 Å². The van der Waals surface area contributed by atoms with Gasteiger partial charge in [0.05, 0.1) is 12.3 Å². The fourth-order valence-corrected chi connectivity index (χ4v) is 1.69. The molecule has 1 aromatic heterocycles. The van der Waals surface area contributed by atoms with E-state index in [-0.39, 0.29) is 6.04 Å². The highest BCUT2D eigenvalue weighted by atomic mass is 16.3. The number of aryl methyl sites for hydroxylation is 1. The van der Waals surface area contributed by atoms with Crippen molar-refractivity contribution in [1.29, 1.82) is 0 Å². The Balaban J connectivity index is 2.31. The van der Waals surface area contributed by atoms with Crippen LogP contribution in [0.4, 0.5) is 0 Å². The quantitative estimate of drug-likeness (QED) is 0.826. The topological polar surface area (TPSA) is 25.2 Å². The zero-order valence-electron chi connectivity index (χ0n) is 9.03. The van der Waals surface area contributed by atoms with Crippen molar-refractivity contribution in [2.24, 2.45) is 0 Å². The van der Waals surface area contributed by atoms with Crippen molar-refractivity contribution >= 4 is 0 Å². The number of nitrogens with one attached hydrogen (secondary N) is 1. The van der Waals surface area contributed by atoms with Crippen molar-refractivity contribution in [3.05, 3.63) is 59.5 Å². The molecule has 1 N–H and O–H groups in total. The van der Waals surface area contributed by atoms with Gasteiger partial charge in [-0.15, -0.1) is 0 Å². The van der Waals surface area contributed by atoms with Crippen molar-refractivity contribution < 1.29 is 4.42 Å². The average molecular weight is 201 g/mol. The molecule has 1 heterocycles. The van der Waals surface area contributed by atoms with Gasteiger partial charge in [-0.2, -0.15) is 0 Å². The van der Waals surface area contributed by atoms with Crippen LogP contribution in [0.3, 0.4) is 0 Å². The molecule has 0 saturated heterocycles. The van der Waals surface area contributed by atoms with Gasteiger partial charge in [0.2, 0.25) is 0 Å². The molecule has 2 heteroatoms. The Labute approximate surface area is 89.9 Å². The van der Waals surface area contributed by atoms with Crippen LogP contribution in [-0.2, 0) is 0 Å². The average Bonchev–Trinajstić information content (AvgIpc) is 2.75. The summed E-state index contributed by atoms with van der Waals surface area (Å²) in [6, 6.07) is 12.5. The summed E-state index contributed by atoms with van der Waals surface area (Å²) in [5, 5.41) is 3.25. The zero-order valence-corrected chi connectivity index (χ0v) is 9.03. The SMILES string of the molecule is CN[C@H](c1ccc(C)cc1)c1ccco1. The molecule has 0 aliphatic carbocycles. The van der Waals surface area contributed by atoms with Gasteiger partial charge in [0.25, 0.3) is 0 Å². The molecule has 1 atom stereocenters. The van der Waals surface area contributed by atoms with Crippen LogP contribution >= 0.6 is 0 Å². The van der Waals surface area contributed by atoms with Crippen LogP contribution in [0.1, 0.15) is 22.9 Å². The molecule has 2 nitrogen and oxygen atoms in total. The minimum absolute atomic E-state index is 0.139. The van der Waals surface area contributed by atoms with Gasteiger partial charge < -0.3 is 9.73 Å². The van der Waals surface area contributed by atoms with E-state index in [1.165, 1.54) is 11.1 Å². The van der Waals surface area contributed by atoms with Gasteiger partial charge in [-0.3, -0.25) is 0 Å². The summed E-state index contributed by atoms with van der Waals surface area (Å²) in [6.07, 6.45) is 1.70. The van der Waals surface area contributed by atoms with E-state index in [0.29, 0.717) is 0 Å². The molecule has 1 aromatic carbocycles. The van der Waals surface area contributed by atoms with E-state index in [4.69, 9.17) is 4.42 Å². The van der Waals surface area contributed by atoms with E-state index in [1.807, 2.05) is 19.2 Å². The van der Waals surface area contributed by atoms with Crippen LogP contribution in [-0.4, -0.2) is 7.05 Å². The van der Waals surface area contributed by atoms with E-state index >= 15 is 0 Å². The molecule has 0 radical (unpaired) electrons. The van der Waals surface area contributed by atoms with E-state index in [2.05, 4.69) is 36.5 Å². The lowest BCUT2D eigenvalue weighted by atomic mass is 10.0. The Kier molecular flexibility index (Phi) is 2.88. The molecular formula is C13H15NO. The lowest BCUT2D eigenvalue weighted by Crippen LogP contribution is -2.16. The van der Waals surface area contributed by atoms with E-state index in [1.54, 1.807) is 6.26 Å². The summed E-state index contributed by atoms with van der Waals surface area (Å²) in [7, 11) is 1.94.